The van der Waals surface area contributed by atoms with Crippen LogP contribution in [0.1, 0.15) is 76.5 Å². The summed E-state index contributed by atoms with van der Waals surface area (Å²) in [5, 5.41) is 54.6. The summed E-state index contributed by atoms with van der Waals surface area (Å²) in [4.78, 5) is 40.5. The molecule has 1 saturated carbocycles. The summed E-state index contributed by atoms with van der Waals surface area (Å²) >= 11 is 0. The number of benzene rings is 3. The maximum absolute atomic E-state index is 13.7. The van der Waals surface area contributed by atoms with Crippen LogP contribution in [0.5, 0.6) is 5.75 Å². The van der Waals surface area contributed by atoms with E-state index in [0.717, 1.165) is 54.0 Å². The van der Waals surface area contributed by atoms with Crippen LogP contribution in [0.15, 0.2) is 72.5 Å². The highest BCUT2D eigenvalue weighted by atomic mass is 16.5. The summed E-state index contributed by atoms with van der Waals surface area (Å²) in [5.74, 6) is -2.81. The number of nitrogens with one attached hydrogen (secondary N) is 3. The van der Waals surface area contributed by atoms with E-state index in [1.807, 2.05) is 54.6 Å². The van der Waals surface area contributed by atoms with E-state index in [9.17, 15) is 34.8 Å². The maximum Gasteiger partial charge on any atom is 0.258 e. The van der Waals surface area contributed by atoms with Crippen LogP contribution in [0.3, 0.4) is 0 Å². The fraction of sp³-hybridized carbons (Fsp3) is 0.475. The lowest BCUT2D eigenvalue weighted by Crippen LogP contribution is -2.60. The quantitative estimate of drug-likeness (QED) is 0.123. The molecule has 5 rings (SSSR count). The number of fused-ring (bicyclic) bond motifs is 2. The maximum atomic E-state index is 13.7. The van der Waals surface area contributed by atoms with Crippen LogP contribution in [0.25, 0.3) is 16.8 Å². The van der Waals surface area contributed by atoms with Gasteiger partial charge in [0.05, 0.1) is 24.2 Å². The fourth-order valence-corrected chi connectivity index (χ4v) is 7.42. The lowest BCUT2D eigenvalue weighted by Gasteiger charge is -2.36. The van der Waals surface area contributed by atoms with Crippen molar-refractivity contribution in [2.75, 3.05) is 6.61 Å². The molecule has 0 saturated heterocycles. The SMILES string of the molecule is CC(C)[C@H](C(=O)N[C@H]1C(O)=Cc2ccccc21)[C@H](O)[C@@H](O)[C@H](CC1CCCCC1)NC(=O)[C@@H](NC(=O)COc1cccc2ccccc12)[C@@H](C)O. The Bertz CT molecular complexity index is 1700. The minimum absolute atomic E-state index is 0.0294. The van der Waals surface area contributed by atoms with Crippen molar-refractivity contribution in [3.05, 3.63) is 83.6 Å². The predicted octanol–water partition coefficient (Wildman–Crippen LogP) is 4.30. The van der Waals surface area contributed by atoms with E-state index in [1.165, 1.54) is 6.92 Å². The van der Waals surface area contributed by atoms with Gasteiger partial charge in [-0.2, -0.15) is 0 Å². The molecular formula is C40H51N3O8. The number of carbonyl (C=O) groups is 3. The fourth-order valence-electron chi connectivity index (χ4n) is 7.42. The molecule has 0 spiro atoms. The van der Waals surface area contributed by atoms with E-state index >= 15 is 0 Å². The van der Waals surface area contributed by atoms with Gasteiger partial charge in [-0.1, -0.05) is 107 Å². The molecule has 2 aliphatic carbocycles. The second kappa shape index (κ2) is 17.2. The molecule has 0 bridgehead atoms. The Balaban J connectivity index is 1.28. The van der Waals surface area contributed by atoms with Gasteiger partial charge in [-0.25, -0.2) is 0 Å². The van der Waals surface area contributed by atoms with E-state index in [4.69, 9.17) is 4.74 Å². The third-order valence-corrected chi connectivity index (χ3v) is 10.2. The van der Waals surface area contributed by atoms with Crippen molar-refractivity contribution < 1.29 is 39.5 Å². The summed E-state index contributed by atoms with van der Waals surface area (Å²) in [6, 6.07) is 17.2. The molecule has 3 aromatic carbocycles. The molecule has 51 heavy (non-hydrogen) atoms. The van der Waals surface area contributed by atoms with Gasteiger partial charge in [0, 0.05) is 5.39 Å². The lowest BCUT2D eigenvalue weighted by atomic mass is 9.79. The third-order valence-electron chi connectivity index (χ3n) is 10.2. The zero-order valence-electron chi connectivity index (χ0n) is 29.5. The first-order chi connectivity index (χ1) is 24.4. The van der Waals surface area contributed by atoms with Crippen molar-refractivity contribution in [1.82, 2.24) is 16.0 Å². The first kappa shape index (κ1) is 37.8. The Hall–Kier alpha value is -4.45. The molecule has 0 heterocycles. The van der Waals surface area contributed by atoms with Gasteiger partial charge in [0.2, 0.25) is 11.8 Å². The first-order valence-electron chi connectivity index (χ1n) is 18.0. The Morgan fingerprint density at radius 3 is 2.24 bits per heavy atom. The number of amides is 3. The van der Waals surface area contributed by atoms with Crippen molar-refractivity contribution in [3.63, 3.8) is 0 Å². The molecular weight excluding hydrogens is 650 g/mol. The Morgan fingerprint density at radius 1 is 0.824 bits per heavy atom. The number of hydrogen-bond donors (Lipinski definition) is 7. The van der Waals surface area contributed by atoms with Gasteiger partial charge in [0.1, 0.15) is 29.7 Å². The summed E-state index contributed by atoms with van der Waals surface area (Å²) in [7, 11) is 0. The van der Waals surface area contributed by atoms with Gasteiger partial charge in [0.15, 0.2) is 6.61 Å². The van der Waals surface area contributed by atoms with Crippen LogP contribution in [0.2, 0.25) is 0 Å². The van der Waals surface area contributed by atoms with Crippen molar-refractivity contribution in [2.24, 2.45) is 17.8 Å². The molecule has 0 aliphatic heterocycles. The van der Waals surface area contributed by atoms with Crippen LogP contribution >= 0.6 is 0 Å². The molecule has 7 N–H and O–H groups in total. The molecule has 3 amide bonds. The van der Waals surface area contributed by atoms with Crippen LogP contribution < -0.4 is 20.7 Å². The van der Waals surface area contributed by atoms with E-state index in [2.05, 4.69) is 16.0 Å². The van der Waals surface area contributed by atoms with Gasteiger partial charge in [-0.15, -0.1) is 0 Å². The minimum atomic E-state index is -1.59. The lowest BCUT2D eigenvalue weighted by molar-refractivity contribution is -0.139. The smallest absolute Gasteiger partial charge is 0.258 e. The van der Waals surface area contributed by atoms with Gasteiger partial charge in [-0.05, 0) is 53.8 Å². The number of rotatable bonds is 15. The Morgan fingerprint density at radius 2 is 1.51 bits per heavy atom. The molecule has 7 atom stereocenters. The normalized spacial score (nSPS) is 19.6. The van der Waals surface area contributed by atoms with Gasteiger partial charge in [0.25, 0.3) is 5.91 Å². The van der Waals surface area contributed by atoms with Crippen molar-refractivity contribution >= 4 is 34.6 Å². The highest BCUT2D eigenvalue weighted by Gasteiger charge is 2.41. The molecule has 274 valence electrons. The third kappa shape index (κ3) is 9.27. The van der Waals surface area contributed by atoms with E-state index < -0.39 is 72.6 Å². The van der Waals surface area contributed by atoms with Crippen molar-refractivity contribution in [1.29, 1.82) is 0 Å². The first-order valence-corrected chi connectivity index (χ1v) is 18.0. The predicted molar refractivity (Wildman–Crippen MR) is 194 cm³/mol. The van der Waals surface area contributed by atoms with E-state index in [0.29, 0.717) is 12.2 Å². The summed E-state index contributed by atoms with van der Waals surface area (Å²) < 4.78 is 5.78. The average Bonchev–Trinajstić information content (AvgIpc) is 3.43. The number of hydrogen-bond acceptors (Lipinski definition) is 8. The highest BCUT2D eigenvalue weighted by molar-refractivity contribution is 5.90. The van der Waals surface area contributed by atoms with Crippen LogP contribution in [0.4, 0.5) is 0 Å². The monoisotopic (exact) mass is 701 g/mol. The van der Waals surface area contributed by atoms with Gasteiger partial charge in [-0.3, -0.25) is 14.4 Å². The zero-order chi connectivity index (χ0) is 36.7. The largest absolute Gasteiger partial charge is 0.510 e. The molecule has 11 heteroatoms. The molecule has 3 aromatic rings. The van der Waals surface area contributed by atoms with Gasteiger partial charge >= 0.3 is 0 Å². The van der Waals surface area contributed by atoms with Crippen LogP contribution in [-0.4, -0.2) is 75.2 Å². The second-order valence-electron chi connectivity index (χ2n) is 14.3. The molecule has 0 aromatic heterocycles. The Labute approximate surface area is 299 Å². The zero-order valence-corrected chi connectivity index (χ0v) is 29.5. The molecule has 0 radical (unpaired) electrons. The summed E-state index contributed by atoms with van der Waals surface area (Å²) in [6.07, 6.45) is 2.35. The van der Waals surface area contributed by atoms with Crippen LogP contribution in [-0.2, 0) is 14.4 Å². The summed E-state index contributed by atoms with van der Waals surface area (Å²) in [5.41, 5.74) is 1.49. The molecule has 0 unspecified atom stereocenters. The average molecular weight is 702 g/mol. The molecule has 2 aliphatic rings. The van der Waals surface area contributed by atoms with E-state index in [-0.39, 0.29) is 11.7 Å². The van der Waals surface area contributed by atoms with Crippen LogP contribution in [0, 0.1) is 17.8 Å². The second-order valence-corrected chi connectivity index (χ2v) is 14.3. The Kier molecular flexibility index (Phi) is 12.7. The van der Waals surface area contributed by atoms with Crippen molar-refractivity contribution in [3.8, 4) is 5.75 Å². The summed E-state index contributed by atoms with van der Waals surface area (Å²) in [6.45, 7) is 4.49. The number of aliphatic hydroxyl groups excluding tert-OH is 4. The standard InChI is InChI=1S/C40H51N3O8/c1-23(2)34(39(49)43-36-29-18-10-8-15-27(29)21-31(36)45)38(48)37(47)30(20-25-12-5-4-6-13-25)41-40(50)35(24(3)44)42-33(46)22-51-32-19-11-16-26-14-7-9-17-28(26)32/h7-11,14-19,21,23-25,30,34-38,44-45,47-48H,4-6,12-13,20,22H2,1-3H3,(H,41,50)(H,42,46)(H,43,49)/t24-,30+,34+,35+,36-,37+,38+/m1/s1. The highest BCUT2D eigenvalue weighted by Crippen LogP contribution is 2.34. The topological polar surface area (TPSA) is 177 Å². The molecule has 11 nitrogen and oxygen atoms in total. The number of carbonyl (C=O) groups excluding carboxylic acids is 3. The minimum Gasteiger partial charge on any atom is -0.510 e. The van der Waals surface area contributed by atoms with Gasteiger partial charge < -0.3 is 41.1 Å². The number of aliphatic hydroxyl groups is 4. The number of ether oxygens (including phenoxy) is 1. The molecule has 1 fully saturated rings. The van der Waals surface area contributed by atoms with E-state index in [1.54, 1.807) is 32.1 Å². The van der Waals surface area contributed by atoms with Crippen molar-refractivity contribution in [2.45, 2.75) is 95.7 Å².